The van der Waals surface area contributed by atoms with Gasteiger partial charge in [0.05, 0.1) is 0 Å². The van der Waals surface area contributed by atoms with Crippen LogP contribution in [0.5, 0.6) is 0 Å². The molecule has 1 amide bonds. The summed E-state index contributed by atoms with van der Waals surface area (Å²) in [6.45, 7) is 2.57. The van der Waals surface area contributed by atoms with Gasteiger partial charge in [-0.25, -0.2) is 0 Å². The maximum atomic E-state index is 12.4. The molecule has 0 aliphatic carbocycles. The molecule has 1 unspecified atom stereocenters. The third-order valence-corrected chi connectivity index (χ3v) is 4.58. The quantitative estimate of drug-likeness (QED) is 0.707. The second-order valence-corrected chi connectivity index (χ2v) is 6.65. The summed E-state index contributed by atoms with van der Waals surface area (Å²) in [5.74, 6) is 0.963. The highest BCUT2D eigenvalue weighted by atomic mass is 35.5. The summed E-state index contributed by atoms with van der Waals surface area (Å²) >= 11 is 6.00. The van der Waals surface area contributed by atoms with Gasteiger partial charge in [-0.3, -0.25) is 4.79 Å². The molecule has 2 aromatic carbocycles. The molecule has 0 saturated carbocycles. The van der Waals surface area contributed by atoms with E-state index in [0.717, 1.165) is 16.8 Å². The van der Waals surface area contributed by atoms with Crippen LogP contribution in [-0.4, -0.2) is 22.6 Å². The van der Waals surface area contributed by atoms with Gasteiger partial charge >= 0.3 is 0 Å². The summed E-state index contributed by atoms with van der Waals surface area (Å²) in [6, 6.07) is 15.2. The number of hydrogen-bond acceptors (Lipinski definition) is 4. The Morgan fingerprint density at radius 1 is 1.20 bits per heavy atom. The molecule has 0 radical (unpaired) electrons. The Hall–Kier alpha value is -2.66. The Kier molecular flexibility index (Phi) is 4.01. The lowest BCUT2D eigenvalue weighted by Gasteiger charge is -2.16. The molecule has 0 bridgehead atoms. The van der Waals surface area contributed by atoms with E-state index >= 15 is 0 Å². The van der Waals surface area contributed by atoms with Crippen molar-refractivity contribution in [3.63, 3.8) is 0 Å². The topological polar surface area (TPSA) is 59.2 Å². The van der Waals surface area contributed by atoms with Crippen molar-refractivity contribution in [2.24, 2.45) is 0 Å². The number of rotatable bonds is 3. The number of benzene rings is 2. The van der Waals surface area contributed by atoms with Crippen LogP contribution in [0.1, 0.15) is 23.7 Å². The average molecular weight is 354 g/mol. The lowest BCUT2D eigenvalue weighted by molar-refractivity contribution is -0.117. The minimum Gasteiger partial charge on any atom is -0.334 e. The highest BCUT2D eigenvalue weighted by molar-refractivity contribution is 6.30. The minimum atomic E-state index is -0.0783. The zero-order valence-corrected chi connectivity index (χ0v) is 14.4. The lowest BCUT2D eigenvalue weighted by atomic mass is 10.1. The molecule has 4 rings (SSSR count). The van der Waals surface area contributed by atoms with Gasteiger partial charge in [-0.05, 0) is 37.3 Å². The minimum absolute atomic E-state index is 0.0722. The van der Waals surface area contributed by atoms with E-state index in [1.165, 1.54) is 0 Å². The van der Waals surface area contributed by atoms with Crippen LogP contribution in [0, 0.1) is 6.92 Å². The molecule has 1 saturated heterocycles. The second-order valence-electron chi connectivity index (χ2n) is 6.21. The van der Waals surface area contributed by atoms with Crippen molar-refractivity contribution in [1.82, 2.24) is 10.1 Å². The third-order valence-electron chi connectivity index (χ3n) is 4.35. The van der Waals surface area contributed by atoms with Crippen LogP contribution in [0.25, 0.3) is 11.5 Å². The molecule has 1 aliphatic rings. The van der Waals surface area contributed by atoms with Crippen molar-refractivity contribution in [3.8, 4) is 11.5 Å². The SMILES string of the molecule is Cc1ccc(N2CC(c3noc(-c4cccc(Cl)c4)n3)CC2=O)cc1. The fraction of sp³-hybridized carbons (Fsp3) is 0.211. The number of hydrogen-bond donors (Lipinski definition) is 0. The van der Waals surface area contributed by atoms with E-state index in [4.69, 9.17) is 16.1 Å². The predicted octanol–water partition coefficient (Wildman–Crippen LogP) is 4.22. The van der Waals surface area contributed by atoms with Crippen molar-refractivity contribution in [1.29, 1.82) is 0 Å². The predicted molar refractivity (Wildman–Crippen MR) is 95.6 cm³/mol. The van der Waals surface area contributed by atoms with E-state index < -0.39 is 0 Å². The lowest BCUT2D eigenvalue weighted by Crippen LogP contribution is -2.24. The second kappa shape index (κ2) is 6.33. The van der Waals surface area contributed by atoms with E-state index in [0.29, 0.717) is 29.7 Å². The van der Waals surface area contributed by atoms with Gasteiger partial charge in [0.15, 0.2) is 5.82 Å². The van der Waals surface area contributed by atoms with Gasteiger partial charge in [0.1, 0.15) is 0 Å². The van der Waals surface area contributed by atoms with Crippen LogP contribution in [-0.2, 0) is 4.79 Å². The first-order valence-corrected chi connectivity index (χ1v) is 8.44. The molecule has 1 atom stereocenters. The zero-order chi connectivity index (χ0) is 17.4. The van der Waals surface area contributed by atoms with Gasteiger partial charge < -0.3 is 9.42 Å². The Bertz CT molecular complexity index is 920. The molecule has 6 heteroatoms. The van der Waals surface area contributed by atoms with Crippen molar-refractivity contribution >= 4 is 23.2 Å². The molecule has 25 heavy (non-hydrogen) atoms. The maximum Gasteiger partial charge on any atom is 0.257 e. The van der Waals surface area contributed by atoms with Crippen molar-refractivity contribution < 1.29 is 9.32 Å². The summed E-state index contributed by atoms with van der Waals surface area (Å²) in [7, 11) is 0. The Morgan fingerprint density at radius 3 is 2.76 bits per heavy atom. The summed E-state index contributed by atoms with van der Waals surface area (Å²) in [5, 5.41) is 4.68. The van der Waals surface area contributed by atoms with E-state index in [2.05, 4.69) is 10.1 Å². The number of aromatic nitrogens is 2. The van der Waals surface area contributed by atoms with Crippen LogP contribution in [0.15, 0.2) is 53.1 Å². The fourth-order valence-electron chi connectivity index (χ4n) is 2.99. The average Bonchev–Trinajstić information content (AvgIpc) is 3.23. The van der Waals surface area contributed by atoms with Crippen LogP contribution in [0.3, 0.4) is 0 Å². The van der Waals surface area contributed by atoms with Crippen molar-refractivity contribution in [2.75, 3.05) is 11.4 Å². The van der Waals surface area contributed by atoms with Gasteiger partial charge in [0.25, 0.3) is 5.89 Å². The van der Waals surface area contributed by atoms with Gasteiger partial charge in [0, 0.05) is 35.2 Å². The Labute approximate surface area is 150 Å². The number of halogens is 1. The van der Waals surface area contributed by atoms with Gasteiger partial charge in [-0.15, -0.1) is 0 Å². The third kappa shape index (κ3) is 3.15. The molecule has 1 aliphatic heterocycles. The molecule has 1 aromatic heterocycles. The van der Waals surface area contributed by atoms with E-state index in [-0.39, 0.29) is 11.8 Å². The molecule has 3 aromatic rings. The molecule has 126 valence electrons. The monoisotopic (exact) mass is 353 g/mol. The molecule has 0 N–H and O–H groups in total. The highest BCUT2D eigenvalue weighted by Crippen LogP contribution is 2.31. The maximum absolute atomic E-state index is 12.4. The Balaban J connectivity index is 1.55. The van der Waals surface area contributed by atoms with Crippen LogP contribution in [0.2, 0.25) is 5.02 Å². The number of carbonyl (C=O) groups is 1. The van der Waals surface area contributed by atoms with E-state index in [1.807, 2.05) is 43.3 Å². The first kappa shape index (κ1) is 15.8. The van der Waals surface area contributed by atoms with E-state index in [1.54, 1.807) is 17.0 Å². The standard InChI is InChI=1S/C19H16ClN3O2/c1-12-5-7-16(8-6-12)23-11-14(10-17(23)24)18-21-19(25-22-18)13-3-2-4-15(20)9-13/h2-9,14H,10-11H2,1H3. The van der Waals surface area contributed by atoms with E-state index in [9.17, 15) is 4.79 Å². The largest absolute Gasteiger partial charge is 0.334 e. The fourth-order valence-corrected chi connectivity index (χ4v) is 3.18. The van der Waals surface area contributed by atoms with Crippen LogP contribution < -0.4 is 4.90 Å². The van der Waals surface area contributed by atoms with Gasteiger partial charge in [0.2, 0.25) is 5.91 Å². The van der Waals surface area contributed by atoms with Crippen molar-refractivity contribution in [2.45, 2.75) is 19.3 Å². The molecular weight excluding hydrogens is 338 g/mol. The molecule has 5 nitrogen and oxygen atoms in total. The number of aryl methyl sites for hydroxylation is 1. The number of anilines is 1. The summed E-state index contributed by atoms with van der Waals surface area (Å²) in [5.41, 5.74) is 2.83. The molecular formula is C19H16ClN3O2. The van der Waals surface area contributed by atoms with Gasteiger partial charge in [-0.1, -0.05) is 40.5 Å². The number of nitrogens with zero attached hydrogens (tertiary/aromatic N) is 3. The molecule has 0 spiro atoms. The van der Waals surface area contributed by atoms with Crippen LogP contribution >= 0.6 is 11.6 Å². The highest BCUT2D eigenvalue weighted by Gasteiger charge is 2.34. The number of amides is 1. The smallest absolute Gasteiger partial charge is 0.257 e. The first-order valence-electron chi connectivity index (χ1n) is 8.07. The van der Waals surface area contributed by atoms with Gasteiger partial charge in [-0.2, -0.15) is 4.98 Å². The first-order chi connectivity index (χ1) is 12.1. The molecule has 2 heterocycles. The summed E-state index contributed by atoms with van der Waals surface area (Å²) in [4.78, 5) is 18.6. The summed E-state index contributed by atoms with van der Waals surface area (Å²) < 4.78 is 5.36. The summed E-state index contributed by atoms with van der Waals surface area (Å²) in [6.07, 6.45) is 0.377. The number of carbonyl (C=O) groups excluding carboxylic acids is 1. The zero-order valence-electron chi connectivity index (χ0n) is 13.6. The van der Waals surface area contributed by atoms with Crippen molar-refractivity contribution in [3.05, 3.63) is 64.9 Å². The normalized spacial score (nSPS) is 17.3. The Morgan fingerprint density at radius 2 is 2.00 bits per heavy atom. The molecule has 1 fully saturated rings. The van der Waals surface area contributed by atoms with Crippen LogP contribution in [0.4, 0.5) is 5.69 Å².